The summed E-state index contributed by atoms with van der Waals surface area (Å²) in [5.41, 5.74) is 8.97. The van der Waals surface area contributed by atoms with E-state index >= 15 is 0 Å². The van der Waals surface area contributed by atoms with Crippen molar-refractivity contribution in [1.29, 1.82) is 0 Å². The number of benzene rings is 1. The molecular formula is C19H21Cl2N5. The summed E-state index contributed by atoms with van der Waals surface area (Å²) in [5, 5.41) is 7.18. The predicted octanol–water partition coefficient (Wildman–Crippen LogP) is 3.69. The third-order valence-electron chi connectivity index (χ3n) is 4.93. The van der Waals surface area contributed by atoms with Gasteiger partial charge >= 0.3 is 0 Å². The van der Waals surface area contributed by atoms with Crippen LogP contribution in [-0.2, 0) is 13.1 Å². The predicted molar refractivity (Wildman–Crippen MR) is 106 cm³/mol. The molecule has 1 atom stereocenters. The van der Waals surface area contributed by atoms with Crippen LogP contribution in [0.3, 0.4) is 0 Å². The van der Waals surface area contributed by atoms with Crippen molar-refractivity contribution in [2.75, 3.05) is 19.6 Å². The number of fused-ring (bicyclic) bond motifs is 1. The number of aromatic nitrogens is 3. The molecule has 26 heavy (non-hydrogen) atoms. The number of hydrogen-bond donors (Lipinski definition) is 1. The molecule has 1 saturated heterocycles. The maximum Gasteiger partial charge on any atom is 0.158 e. The van der Waals surface area contributed by atoms with E-state index < -0.39 is 0 Å². The monoisotopic (exact) mass is 389 g/mol. The van der Waals surface area contributed by atoms with Gasteiger partial charge in [-0.25, -0.2) is 9.67 Å². The lowest BCUT2D eigenvalue weighted by molar-refractivity contribution is 0.326. The summed E-state index contributed by atoms with van der Waals surface area (Å²) in [4.78, 5) is 6.94. The van der Waals surface area contributed by atoms with Crippen molar-refractivity contribution in [3.8, 4) is 0 Å². The van der Waals surface area contributed by atoms with Crippen LogP contribution in [0.5, 0.6) is 0 Å². The maximum absolute atomic E-state index is 6.14. The van der Waals surface area contributed by atoms with E-state index in [-0.39, 0.29) is 0 Å². The molecule has 1 aliphatic rings. The van der Waals surface area contributed by atoms with Crippen molar-refractivity contribution in [3.05, 3.63) is 57.8 Å². The van der Waals surface area contributed by atoms with Crippen LogP contribution in [0.1, 0.15) is 23.6 Å². The molecule has 1 fully saturated rings. The average Bonchev–Trinajstić information content (AvgIpc) is 3.24. The topological polar surface area (TPSA) is 60.0 Å². The fourth-order valence-electron chi connectivity index (χ4n) is 3.71. The molecule has 0 unspecified atom stereocenters. The maximum atomic E-state index is 6.14. The Kier molecular flexibility index (Phi) is 5.14. The highest BCUT2D eigenvalue weighted by atomic mass is 35.5. The van der Waals surface area contributed by atoms with Crippen molar-refractivity contribution in [1.82, 2.24) is 19.7 Å². The second-order valence-electron chi connectivity index (χ2n) is 6.74. The average molecular weight is 390 g/mol. The SMILES string of the molecule is NCCn1nc([C@@H]2CCN(Cc3ccc(Cl)c(Cl)c3)C2)c2cccnc21. The van der Waals surface area contributed by atoms with E-state index in [4.69, 9.17) is 34.0 Å². The molecule has 0 amide bonds. The van der Waals surface area contributed by atoms with E-state index in [1.807, 2.05) is 35.1 Å². The van der Waals surface area contributed by atoms with Crippen molar-refractivity contribution >= 4 is 34.2 Å². The van der Waals surface area contributed by atoms with Gasteiger partial charge in [-0.05, 0) is 42.8 Å². The van der Waals surface area contributed by atoms with Crippen LogP contribution in [-0.4, -0.2) is 39.3 Å². The molecule has 2 N–H and O–H groups in total. The van der Waals surface area contributed by atoms with Crippen molar-refractivity contribution < 1.29 is 0 Å². The summed E-state index contributed by atoms with van der Waals surface area (Å²) in [5.74, 6) is 0.406. The Morgan fingerprint density at radius 1 is 1.19 bits per heavy atom. The molecular weight excluding hydrogens is 369 g/mol. The Bertz CT molecular complexity index is 923. The quantitative estimate of drug-likeness (QED) is 0.722. The van der Waals surface area contributed by atoms with Crippen molar-refractivity contribution in [3.63, 3.8) is 0 Å². The van der Waals surface area contributed by atoms with Gasteiger partial charge < -0.3 is 5.73 Å². The highest BCUT2D eigenvalue weighted by Gasteiger charge is 2.28. The summed E-state index contributed by atoms with van der Waals surface area (Å²) >= 11 is 12.2. The molecule has 1 aliphatic heterocycles. The van der Waals surface area contributed by atoms with Crippen LogP contribution in [0, 0.1) is 0 Å². The first-order valence-corrected chi connectivity index (χ1v) is 9.59. The first-order valence-electron chi connectivity index (χ1n) is 8.83. The van der Waals surface area contributed by atoms with Crippen LogP contribution >= 0.6 is 23.2 Å². The number of nitrogens with two attached hydrogens (primary N) is 1. The van der Waals surface area contributed by atoms with Crippen LogP contribution in [0.4, 0.5) is 0 Å². The molecule has 0 spiro atoms. The van der Waals surface area contributed by atoms with Gasteiger partial charge in [0.15, 0.2) is 5.65 Å². The minimum Gasteiger partial charge on any atom is -0.329 e. The molecule has 4 rings (SSSR count). The van der Waals surface area contributed by atoms with Gasteiger partial charge in [-0.15, -0.1) is 0 Å². The number of pyridine rings is 1. The molecule has 7 heteroatoms. The first kappa shape index (κ1) is 17.7. The van der Waals surface area contributed by atoms with Gasteiger partial charge in [-0.2, -0.15) is 5.10 Å². The van der Waals surface area contributed by atoms with Gasteiger partial charge in [0.2, 0.25) is 0 Å². The van der Waals surface area contributed by atoms with E-state index in [1.54, 1.807) is 0 Å². The fourth-order valence-corrected chi connectivity index (χ4v) is 4.03. The highest BCUT2D eigenvalue weighted by molar-refractivity contribution is 6.42. The van der Waals surface area contributed by atoms with Crippen LogP contribution in [0.15, 0.2) is 36.5 Å². The third kappa shape index (κ3) is 3.45. The minimum atomic E-state index is 0.406. The molecule has 5 nitrogen and oxygen atoms in total. The van der Waals surface area contributed by atoms with Crippen molar-refractivity contribution in [2.45, 2.75) is 25.4 Å². The van der Waals surface area contributed by atoms with Crippen LogP contribution < -0.4 is 5.73 Å². The lowest BCUT2D eigenvalue weighted by Crippen LogP contribution is -2.20. The van der Waals surface area contributed by atoms with Crippen molar-refractivity contribution in [2.24, 2.45) is 5.73 Å². The Hall–Kier alpha value is -1.66. The Morgan fingerprint density at radius 2 is 2.08 bits per heavy atom. The van der Waals surface area contributed by atoms with E-state index in [0.29, 0.717) is 29.1 Å². The molecule has 0 aliphatic carbocycles. The van der Waals surface area contributed by atoms with Crippen LogP contribution in [0.25, 0.3) is 11.0 Å². The Labute approximate surface area is 162 Å². The van der Waals surface area contributed by atoms with Gasteiger partial charge in [-0.3, -0.25) is 4.90 Å². The summed E-state index contributed by atoms with van der Waals surface area (Å²) in [6.45, 7) is 4.13. The zero-order chi connectivity index (χ0) is 18.1. The summed E-state index contributed by atoms with van der Waals surface area (Å²) in [6.07, 6.45) is 2.90. The normalized spacial score (nSPS) is 18.0. The first-order chi connectivity index (χ1) is 12.7. The third-order valence-corrected chi connectivity index (χ3v) is 5.66. The number of rotatable bonds is 5. The number of halogens is 2. The number of hydrogen-bond acceptors (Lipinski definition) is 4. The molecule has 0 radical (unpaired) electrons. The molecule has 2 aromatic heterocycles. The molecule has 136 valence electrons. The van der Waals surface area contributed by atoms with E-state index in [1.165, 1.54) is 5.56 Å². The Balaban J connectivity index is 1.53. The van der Waals surface area contributed by atoms with E-state index in [2.05, 4.69) is 16.0 Å². The minimum absolute atomic E-state index is 0.406. The van der Waals surface area contributed by atoms with E-state index in [0.717, 1.165) is 42.8 Å². The number of likely N-dealkylation sites (tertiary alicyclic amines) is 1. The standard InChI is InChI=1S/C19H21Cl2N5/c20-16-4-3-13(10-17(16)21)11-25-8-5-14(12-25)18-15-2-1-7-23-19(15)26(24-18)9-6-22/h1-4,7,10,14H,5-6,8-9,11-12,22H2/t14-/m1/s1. The largest absolute Gasteiger partial charge is 0.329 e. The fraction of sp³-hybridized carbons (Fsp3) is 0.368. The lowest BCUT2D eigenvalue weighted by atomic mass is 10.0. The smallest absolute Gasteiger partial charge is 0.158 e. The summed E-state index contributed by atoms with van der Waals surface area (Å²) < 4.78 is 1.94. The molecule has 3 heterocycles. The zero-order valence-corrected chi connectivity index (χ0v) is 15.9. The van der Waals surface area contributed by atoms with E-state index in [9.17, 15) is 0 Å². The molecule has 1 aromatic carbocycles. The number of nitrogens with zero attached hydrogens (tertiary/aromatic N) is 4. The van der Waals surface area contributed by atoms with Crippen LogP contribution in [0.2, 0.25) is 10.0 Å². The second-order valence-corrected chi connectivity index (χ2v) is 7.56. The molecule has 0 saturated carbocycles. The zero-order valence-electron chi connectivity index (χ0n) is 14.4. The van der Waals surface area contributed by atoms with Gasteiger partial charge in [0.1, 0.15) is 0 Å². The summed E-state index contributed by atoms with van der Waals surface area (Å²) in [6, 6.07) is 9.94. The highest BCUT2D eigenvalue weighted by Crippen LogP contribution is 2.32. The van der Waals surface area contributed by atoms with Gasteiger partial charge in [0, 0.05) is 37.1 Å². The molecule has 3 aromatic rings. The van der Waals surface area contributed by atoms with Gasteiger partial charge in [0.05, 0.1) is 22.3 Å². The second kappa shape index (κ2) is 7.53. The summed E-state index contributed by atoms with van der Waals surface area (Å²) in [7, 11) is 0. The van der Waals surface area contributed by atoms with Gasteiger partial charge in [-0.1, -0.05) is 29.3 Å². The van der Waals surface area contributed by atoms with Gasteiger partial charge in [0.25, 0.3) is 0 Å². The molecule has 0 bridgehead atoms. The Morgan fingerprint density at radius 3 is 2.88 bits per heavy atom. The lowest BCUT2D eigenvalue weighted by Gasteiger charge is -2.16.